The molecule has 10 heteroatoms. The van der Waals surface area contributed by atoms with Crippen LogP contribution in [0.25, 0.3) is 6.08 Å². The van der Waals surface area contributed by atoms with Crippen LogP contribution in [-0.2, 0) is 30.4 Å². The smallest absolute Gasteiger partial charge is 0.331 e. The van der Waals surface area contributed by atoms with Gasteiger partial charge in [0, 0.05) is 29.6 Å². The van der Waals surface area contributed by atoms with Crippen molar-refractivity contribution in [3.63, 3.8) is 0 Å². The fourth-order valence-electron chi connectivity index (χ4n) is 2.70. The third-order valence-corrected chi connectivity index (χ3v) is 4.92. The van der Waals surface area contributed by atoms with Crippen LogP contribution >= 0.6 is 23.2 Å². The molecule has 0 bridgehead atoms. The molecule has 1 amide bonds. The second kappa shape index (κ2) is 12.9. The van der Waals surface area contributed by atoms with E-state index in [4.69, 9.17) is 32.7 Å². The van der Waals surface area contributed by atoms with Crippen LogP contribution in [0.5, 0.6) is 0 Å². The maximum absolute atomic E-state index is 11.9. The first-order chi connectivity index (χ1) is 15.3. The zero-order valence-corrected chi connectivity index (χ0v) is 19.4. The van der Waals surface area contributed by atoms with E-state index in [0.29, 0.717) is 41.0 Å². The molecule has 172 valence electrons. The van der Waals surface area contributed by atoms with Gasteiger partial charge in [-0.05, 0) is 44.0 Å². The average molecular weight is 482 g/mol. The predicted molar refractivity (Wildman–Crippen MR) is 121 cm³/mol. The molecular formula is C22H25Cl2N3O5. The topological polar surface area (TPSA) is 99.5 Å². The molecule has 2 aromatic rings. The van der Waals surface area contributed by atoms with Gasteiger partial charge in [0.25, 0.3) is 5.91 Å². The molecule has 0 atom stereocenters. The van der Waals surface area contributed by atoms with E-state index in [1.807, 2.05) is 12.1 Å². The number of halogens is 2. The van der Waals surface area contributed by atoms with Crippen molar-refractivity contribution in [2.45, 2.75) is 33.2 Å². The Bertz CT molecular complexity index is 971. The maximum Gasteiger partial charge on any atom is 0.331 e. The van der Waals surface area contributed by atoms with Crippen LogP contribution in [0.15, 0.2) is 30.3 Å². The molecule has 1 aromatic heterocycles. The van der Waals surface area contributed by atoms with Gasteiger partial charge >= 0.3 is 11.9 Å². The van der Waals surface area contributed by atoms with Crippen molar-refractivity contribution in [2.75, 3.05) is 19.8 Å². The molecule has 0 aliphatic rings. The van der Waals surface area contributed by atoms with E-state index in [1.54, 1.807) is 30.7 Å². The summed E-state index contributed by atoms with van der Waals surface area (Å²) in [6.45, 7) is 4.13. The van der Waals surface area contributed by atoms with Crippen LogP contribution in [-0.4, -0.2) is 47.4 Å². The number of benzene rings is 1. The van der Waals surface area contributed by atoms with Gasteiger partial charge in [0.15, 0.2) is 6.61 Å². The first-order valence-corrected chi connectivity index (χ1v) is 10.8. The Kier molecular flexibility index (Phi) is 10.2. The Hall–Kier alpha value is -2.84. The Morgan fingerprint density at radius 3 is 2.56 bits per heavy atom. The maximum atomic E-state index is 11.9. The minimum Gasteiger partial charge on any atom is -0.466 e. The Morgan fingerprint density at radius 2 is 1.88 bits per heavy atom. The lowest BCUT2D eigenvalue weighted by Gasteiger charge is -2.05. The summed E-state index contributed by atoms with van der Waals surface area (Å²) in [5, 5.41) is 7.98. The number of hydrogen-bond donors (Lipinski definition) is 1. The molecule has 0 aliphatic heterocycles. The zero-order chi connectivity index (χ0) is 23.5. The van der Waals surface area contributed by atoms with E-state index in [1.165, 1.54) is 12.2 Å². The Labute approximate surface area is 196 Å². The highest BCUT2D eigenvalue weighted by atomic mass is 35.5. The van der Waals surface area contributed by atoms with Gasteiger partial charge in [0.1, 0.15) is 5.15 Å². The minimum absolute atomic E-state index is 0.211. The minimum atomic E-state index is -0.687. The zero-order valence-electron chi connectivity index (χ0n) is 17.9. The normalized spacial score (nSPS) is 10.9. The summed E-state index contributed by atoms with van der Waals surface area (Å²) in [4.78, 5) is 34.9. The van der Waals surface area contributed by atoms with Gasteiger partial charge in [0.05, 0.1) is 18.8 Å². The highest BCUT2D eigenvalue weighted by molar-refractivity contribution is 6.31. The van der Waals surface area contributed by atoms with Gasteiger partial charge in [-0.2, -0.15) is 5.10 Å². The lowest BCUT2D eigenvalue weighted by molar-refractivity contribution is -0.143. The number of carbonyl (C=O) groups is 3. The van der Waals surface area contributed by atoms with Crippen molar-refractivity contribution in [3.8, 4) is 0 Å². The number of amides is 1. The molecule has 8 nitrogen and oxygen atoms in total. The van der Waals surface area contributed by atoms with E-state index in [-0.39, 0.29) is 18.9 Å². The van der Waals surface area contributed by atoms with Crippen LogP contribution in [0, 0.1) is 6.92 Å². The molecule has 0 saturated heterocycles. The molecule has 0 aliphatic carbocycles. The first kappa shape index (κ1) is 25.4. The number of esters is 2. The number of hydrogen-bond acceptors (Lipinski definition) is 6. The predicted octanol–water partition coefficient (Wildman–Crippen LogP) is 3.56. The number of aryl methyl sites for hydroxylation is 1. The van der Waals surface area contributed by atoms with Crippen LogP contribution in [0.4, 0.5) is 0 Å². The van der Waals surface area contributed by atoms with E-state index in [2.05, 4.69) is 10.4 Å². The van der Waals surface area contributed by atoms with Gasteiger partial charge in [-0.25, -0.2) is 9.48 Å². The highest BCUT2D eigenvalue weighted by Gasteiger charge is 2.12. The Balaban J connectivity index is 1.80. The molecule has 0 unspecified atom stereocenters. The van der Waals surface area contributed by atoms with Gasteiger partial charge in [-0.3, -0.25) is 9.59 Å². The van der Waals surface area contributed by atoms with E-state index in [0.717, 1.165) is 5.56 Å². The van der Waals surface area contributed by atoms with Crippen molar-refractivity contribution >= 4 is 47.1 Å². The van der Waals surface area contributed by atoms with Crippen LogP contribution in [0.1, 0.15) is 36.6 Å². The van der Waals surface area contributed by atoms with Gasteiger partial charge in [-0.1, -0.05) is 35.3 Å². The molecule has 0 fully saturated rings. The summed E-state index contributed by atoms with van der Waals surface area (Å²) in [6, 6.07) is 7.33. The van der Waals surface area contributed by atoms with Crippen molar-refractivity contribution in [3.05, 3.63) is 57.3 Å². The number of rotatable bonds is 11. The molecule has 1 N–H and O–H groups in total. The van der Waals surface area contributed by atoms with Gasteiger partial charge < -0.3 is 14.8 Å². The van der Waals surface area contributed by atoms with Gasteiger partial charge in [0.2, 0.25) is 0 Å². The van der Waals surface area contributed by atoms with Crippen molar-refractivity contribution in [1.29, 1.82) is 0 Å². The molecular weight excluding hydrogens is 457 g/mol. The number of nitrogens with one attached hydrogen (secondary N) is 1. The molecule has 0 radical (unpaired) electrons. The fraction of sp³-hybridized carbons (Fsp3) is 0.364. The molecule has 2 rings (SSSR count). The van der Waals surface area contributed by atoms with Gasteiger partial charge in [-0.15, -0.1) is 0 Å². The largest absolute Gasteiger partial charge is 0.466 e. The van der Waals surface area contributed by atoms with Crippen molar-refractivity contribution in [1.82, 2.24) is 15.1 Å². The van der Waals surface area contributed by atoms with Crippen LogP contribution in [0.3, 0.4) is 0 Å². The van der Waals surface area contributed by atoms with Crippen molar-refractivity contribution in [2.24, 2.45) is 0 Å². The first-order valence-electron chi connectivity index (χ1n) is 10.0. The quantitative estimate of drug-likeness (QED) is 0.299. The molecule has 1 heterocycles. The molecule has 1 aromatic carbocycles. The fourth-order valence-corrected chi connectivity index (χ4v) is 3.13. The summed E-state index contributed by atoms with van der Waals surface area (Å²) in [5.41, 5.74) is 2.20. The SMILES string of the molecule is CCOC(=O)CCCNC(=O)COC(=O)/C=C/c1c(C)nn(Cc2ccc(Cl)cc2)c1Cl. The van der Waals surface area contributed by atoms with E-state index >= 15 is 0 Å². The van der Waals surface area contributed by atoms with Crippen LogP contribution in [0.2, 0.25) is 10.2 Å². The molecule has 32 heavy (non-hydrogen) atoms. The van der Waals surface area contributed by atoms with E-state index in [9.17, 15) is 14.4 Å². The van der Waals surface area contributed by atoms with Crippen LogP contribution < -0.4 is 5.32 Å². The second-order valence-corrected chi connectivity index (χ2v) is 7.57. The number of carbonyl (C=O) groups excluding carboxylic acids is 3. The Morgan fingerprint density at radius 1 is 1.16 bits per heavy atom. The second-order valence-electron chi connectivity index (χ2n) is 6.77. The third kappa shape index (κ3) is 8.36. The van der Waals surface area contributed by atoms with Crippen molar-refractivity contribution < 1.29 is 23.9 Å². The number of ether oxygens (including phenoxy) is 2. The monoisotopic (exact) mass is 481 g/mol. The third-order valence-electron chi connectivity index (χ3n) is 4.27. The summed E-state index contributed by atoms with van der Waals surface area (Å²) in [5.74, 6) is -1.46. The molecule has 0 spiro atoms. The standard InChI is InChI=1S/C22H25Cl2N3O5/c1-3-31-20(29)5-4-12-25-19(28)14-32-21(30)11-10-18-15(2)26-27(22(18)24)13-16-6-8-17(23)9-7-16/h6-11H,3-5,12-14H2,1-2H3,(H,25,28)/b11-10+. The number of nitrogens with zero attached hydrogens (tertiary/aromatic N) is 2. The molecule has 0 saturated carbocycles. The summed E-state index contributed by atoms with van der Waals surface area (Å²) >= 11 is 12.3. The average Bonchev–Trinajstić information content (AvgIpc) is 3.02. The summed E-state index contributed by atoms with van der Waals surface area (Å²) < 4.78 is 11.3. The highest BCUT2D eigenvalue weighted by Crippen LogP contribution is 2.22. The van der Waals surface area contributed by atoms with E-state index < -0.39 is 18.5 Å². The lowest BCUT2D eigenvalue weighted by Crippen LogP contribution is -2.29. The summed E-state index contributed by atoms with van der Waals surface area (Å²) in [6.07, 6.45) is 3.35. The lowest BCUT2D eigenvalue weighted by atomic mass is 10.2. The summed E-state index contributed by atoms with van der Waals surface area (Å²) in [7, 11) is 0. The number of aromatic nitrogens is 2.